The number of aromatic nitrogens is 5. The van der Waals surface area contributed by atoms with E-state index in [1.54, 1.807) is 6.07 Å². The van der Waals surface area contributed by atoms with Gasteiger partial charge in [0.2, 0.25) is 0 Å². The van der Waals surface area contributed by atoms with Crippen LogP contribution in [0.4, 0.5) is 30.7 Å². The Morgan fingerprint density at radius 1 is 0.854 bits per heavy atom. The number of carbonyl (C=O) groups excluding carboxylic acids is 1. The number of hydrogen-bond donors (Lipinski definition) is 0. The molecule has 0 saturated carbocycles. The van der Waals surface area contributed by atoms with Crippen molar-refractivity contribution in [1.29, 1.82) is 0 Å². The summed E-state index contributed by atoms with van der Waals surface area (Å²) in [6.07, 6.45) is -6.32. The van der Waals surface area contributed by atoms with Gasteiger partial charge in [-0.15, -0.1) is 0 Å². The molecule has 7 nitrogen and oxygen atoms in total. The largest absolute Gasteiger partial charge is 0.467 e. The zero-order valence-electron chi connectivity index (χ0n) is 20.7. The molecule has 2 aromatic carbocycles. The van der Waals surface area contributed by atoms with Crippen LogP contribution in [0.3, 0.4) is 0 Å². The lowest BCUT2D eigenvalue weighted by molar-refractivity contribution is -0.144. The SMILES string of the molecule is COC(=O)C(c1ccc(-c2ccc(C(F)(F)F)cc2C(F)(F)F)nc1)n1cc2nc(-c3ccccc3F)nc-2cn1. The van der Waals surface area contributed by atoms with Gasteiger partial charge in [-0.2, -0.15) is 31.4 Å². The lowest BCUT2D eigenvalue weighted by Gasteiger charge is -2.19. The van der Waals surface area contributed by atoms with Gasteiger partial charge >= 0.3 is 18.3 Å². The molecule has 1 atom stereocenters. The van der Waals surface area contributed by atoms with Crippen molar-refractivity contribution in [3.8, 4) is 34.0 Å². The summed E-state index contributed by atoms with van der Waals surface area (Å²) < 4.78 is 100. The smallest absolute Gasteiger partial charge is 0.417 e. The second-order valence-electron chi connectivity index (χ2n) is 8.71. The molecule has 0 N–H and O–H groups in total. The maximum Gasteiger partial charge on any atom is 0.417 e. The zero-order chi connectivity index (χ0) is 29.5. The number of nitrogens with zero attached hydrogens (tertiary/aromatic N) is 5. The molecule has 3 aromatic rings. The molecule has 1 unspecified atom stereocenters. The van der Waals surface area contributed by atoms with Gasteiger partial charge in [-0.25, -0.2) is 19.2 Å². The van der Waals surface area contributed by atoms with Crippen LogP contribution in [0.25, 0.3) is 34.0 Å². The number of methoxy groups -OCH3 is 1. The standard InChI is InChI=1S/C27H16F7N5O2/c1-41-25(40)23(39-13-22-21(12-36-39)37-24(38-22)17-4-2-3-5-19(17)28)14-6-9-20(35-11-14)16-8-7-15(26(29,30)31)10-18(16)27(32,33)34/h2-13,23H,1H3. The average Bonchev–Trinajstić information content (AvgIpc) is 3.36. The predicted octanol–water partition coefficient (Wildman–Crippen LogP) is 6.45. The van der Waals surface area contributed by atoms with Crippen LogP contribution < -0.4 is 0 Å². The molecule has 2 aliphatic rings. The van der Waals surface area contributed by atoms with Crippen molar-refractivity contribution in [2.75, 3.05) is 7.11 Å². The Labute approximate surface area is 226 Å². The molecule has 0 spiro atoms. The summed E-state index contributed by atoms with van der Waals surface area (Å²) in [5, 5.41) is 4.18. The number of alkyl halides is 6. The van der Waals surface area contributed by atoms with Gasteiger partial charge in [0.15, 0.2) is 11.9 Å². The molecular weight excluding hydrogens is 559 g/mol. The van der Waals surface area contributed by atoms with E-state index < -0.39 is 46.9 Å². The number of ether oxygens (including phenoxy) is 1. The lowest BCUT2D eigenvalue weighted by atomic mass is 9.99. The molecule has 0 amide bonds. The second kappa shape index (κ2) is 10.3. The van der Waals surface area contributed by atoms with Crippen molar-refractivity contribution >= 4 is 5.97 Å². The van der Waals surface area contributed by atoms with Crippen molar-refractivity contribution in [3.63, 3.8) is 0 Å². The molecule has 0 radical (unpaired) electrons. The first-order valence-corrected chi connectivity index (χ1v) is 11.7. The number of fused-ring (bicyclic) bond motifs is 1. The topological polar surface area (TPSA) is 82.8 Å². The number of carbonyl (C=O) groups is 1. The van der Waals surface area contributed by atoms with Crippen LogP contribution in [0, 0.1) is 5.82 Å². The molecule has 210 valence electrons. The third-order valence-corrected chi connectivity index (χ3v) is 6.12. The molecular formula is C27H16F7N5O2. The van der Waals surface area contributed by atoms with Gasteiger partial charge < -0.3 is 4.74 Å². The fourth-order valence-electron chi connectivity index (χ4n) is 4.16. The van der Waals surface area contributed by atoms with Crippen LogP contribution in [-0.4, -0.2) is 37.8 Å². The molecule has 14 heteroatoms. The second-order valence-corrected chi connectivity index (χ2v) is 8.71. The van der Waals surface area contributed by atoms with Crippen molar-refractivity contribution < 1.29 is 40.3 Å². The first-order valence-electron chi connectivity index (χ1n) is 11.7. The molecule has 3 heterocycles. The third kappa shape index (κ3) is 5.44. The highest BCUT2D eigenvalue weighted by atomic mass is 19.4. The Hall–Kier alpha value is -4.88. The minimum Gasteiger partial charge on any atom is -0.467 e. The maximum atomic E-state index is 14.2. The Morgan fingerprint density at radius 3 is 2.22 bits per heavy atom. The summed E-state index contributed by atoms with van der Waals surface area (Å²) in [4.78, 5) is 25.3. The van der Waals surface area contributed by atoms with Crippen LogP contribution in [0.5, 0.6) is 0 Å². The quantitative estimate of drug-likeness (QED) is 0.177. The van der Waals surface area contributed by atoms with Gasteiger partial charge in [0.05, 0.1) is 41.9 Å². The van der Waals surface area contributed by atoms with Gasteiger partial charge in [0, 0.05) is 17.3 Å². The van der Waals surface area contributed by atoms with E-state index in [-0.39, 0.29) is 34.4 Å². The van der Waals surface area contributed by atoms with Crippen molar-refractivity contribution in [2.24, 2.45) is 0 Å². The van der Waals surface area contributed by atoms with Crippen molar-refractivity contribution in [3.05, 3.63) is 95.7 Å². The highest BCUT2D eigenvalue weighted by Crippen LogP contribution is 2.40. The van der Waals surface area contributed by atoms with Gasteiger partial charge in [-0.1, -0.05) is 24.3 Å². The van der Waals surface area contributed by atoms with Crippen LogP contribution in [0.1, 0.15) is 22.7 Å². The lowest BCUT2D eigenvalue weighted by Crippen LogP contribution is -2.24. The summed E-state index contributed by atoms with van der Waals surface area (Å²) in [6.45, 7) is 0. The Bertz CT molecular complexity index is 1700. The third-order valence-electron chi connectivity index (χ3n) is 6.12. The van der Waals surface area contributed by atoms with E-state index >= 15 is 0 Å². The van der Waals surface area contributed by atoms with Gasteiger partial charge in [-0.3, -0.25) is 9.67 Å². The van der Waals surface area contributed by atoms with Crippen molar-refractivity contribution in [2.45, 2.75) is 18.4 Å². The average molecular weight is 575 g/mol. The molecule has 0 saturated heterocycles. The van der Waals surface area contributed by atoms with E-state index in [1.165, 1.54) is 41.3 Å². The van der Waals surface area contributed by atoms with Gasteiger partial charge in [0.25, 0.3) is 0 Å². The first kappa shape index (κ1) is 27.7. The summed E-state index contributed by atoms with van der Waals surface area (Å²) in [7, 11) is 1.12. The highest BCUT2D eigenvalue weighted by molar-refractivity contribution is 5.78. The number of rotatable bonds is 5. The van der Waals surface area contributed by atoms with E-state index in [9.17, 15) is 35.5 Å². The first-order chi connectivity index (χ1) is 19.4. The van der Waals surface area contributed by atoms with Crippen LogP contribution in [-0.2, 0) is 21.9 Å². The van der Waals surface area contributed by atoms with Crippen LogP contribution >= 0.6 is 0 Å². The fourth-order valence-corrected chi connectivity index (χ4v) is 4.16. The van der Waals surface area contributed by atoms with Gasteiger partial charge in [0.1, 0.15) is 17.2 Å². The number of pyridine rings is 1. The summed E-state index contributed by atoms with van der Waals surface area (Å²) in [5.41, 5.74) is -2.96. The Morgan fingerprint density at radius 2 is 1.59 bits per heavy atom. The summed E-state index contributed by atoms with van der Waals surface area (Å²) in [5.74, 6) is -1.25. The number of imidazole rings is 1. The van der Waals surface area contributed by atoms with Crippen LogP contribution in [0.2, 0.25) is 0 Å². The summed E-state index contributed by atoms with van der Waals surface area (Å²) in [6, 6.07) is 8.27. The normalized spacial score (nSPS) is 12.9. The molecule has 0 bridgehead atoms. The van der Waals surface area contributed by atoms with Gasteiger partial charge in [-0.05, 0) is 30.3 Å². The minimum absolute atomic E-state index is 0.0215. The Balaban J connectivity index is 1.53. The van der Waals surface area contributed by atoms with Crippen molar-refractivity contribution in [1.82, 2.24) is 24.7 Å². The summed E-state index contributed by atoms with van der Waals surface area (Å²) >= 11 is 0. The van der Waals surface area contributed by atoms with Crippen LogP contribution in [0.15, 0.2) is 73.2 Å². The highest BCUT2D eigenvalue weighted by Gasteiger charge is 2.38. The van der Waals surface area contributed by atoms with E-state index in [1.807, 2.05) is 0 Å². The Kier molecular flexibility index (Phi) is 6.93. The van der Waals surface area contributed by atoms with E-state index in [4.69, 9.17) is 4.74 Å². The number of benzene rings is 2. The molecule has 0 fully saturated rings. The number of esters is 1. The number of hydrogen-bond acceptors (Lipinski definition) is 6. The molecule has 5 rings (SSSR count). The van der Waals surface area contributed by atoms with E-state index in [0.717, 1.165) is 19.4 Å². The fraction of sp³-hybridized carbons (Fsp3) is 0.148. The molecule has 2 aliphatic heterocycles. The number of halogens is 7. The maximum absolute atomic E-state index is 14.2. The predicted molar refractivity (Wildman–Crippen MR) is 130 cm³/mol. The molecule has 41 heavy (non-hydrogen) atoms. The monoisotopic (exact) mass is 575 g/mol. The van der Waals surface area contributed by atoms with E-state index in [0.29, 0.717) is 17.8 Å². The molecule has 0 aliphatic carbocycles. The molecule has 1 aromatic heterocycles. The minimum atomic E-state index is -5.09. The van der Waals surface area contributed by atoms with E-state index in [2.05, 4.69) is 20.1 Å². The zero-order valence-corrected chi connectivity index (χ0v) is 20.7.